The maximum atomic E-state index is 13.7. The number of hydrogen-bond donors (Lipinski definition) is 2. The second-order valence-corrected chi connectivity index (χ2v) is 3.50. The monoisotopic (exact) mass is 161 g/mol. The highest BCUT2D eigenvalue weighted by Gasteiger charge is 2.60. The smallest absolute Gasteiger partial charge is 0.157 e. The van der Waals surface area contributed by atoms with Gasteiger partial charge in [0.25, 0.3) is 0 Å². The van der Waals surface area contributed by atoms with Gasteiger partial charge in [-0.1, -0.05) is 0 Å². The van der Waals surface area contributed by atoms with Crippen LogP contribution in [0.25, 0.3) is 0 Å². The average molecular weight is 161 g/mol. The summed E-state index contributed by atoms with van der Waals surface area (Å²) in [6.07, 6.45) is 0. The van der Waals surface area contributed by atoms with Crippen molar-refractivity contribution in [1.29, 1.82) is 0 Å². The first-order valence-corrected chi connectivity index (χ1v) is 3.81. The van der Waals surface area contributed by atoms with Crippen molar-refractivity contribution in [3.05, 3.63) is 0 Å². The van der Waals surface area contributed by atoms with E-state index < -0.39 is 17.7 Å². The summed E-state index contributed by atoms with van der Waals surface area (Å²) >= 11 is 0. The number of nitrogens with one attached hydrogen (secondary N) is 1. The highest BCUT2D eigenvalue weighted by atomic mass is 19.1. The molecule has 0 aromatic rings. The minimum Gasteiger partial charge on any atom is -0.393 e. The molecule has 2 N–H and O–H groups in total. The number of hydrogen-bond acceptors (Lipinski definition) is 3. The summed E-state index contributed by atoms with van der Waals surface area (Å²) in [6, 6.07) is 0. The van der Waals surface area contributed by atoms with Gasteiger partial charge in [0.1, 0.15) is 0 Å². The van der Waals surface area contributed by atoms with Gasteiger partial charge in [0, 0.05) is 13.1 Å². The van der Waals surface area contributed by atoms with Gasteiger partial charge >= 0.3 is 0 Å². The van der Waals surface area contributed by atoms with Crippen LogP contribution < -0.4 is 5.32 Å². The zero-order valence-electron chi connectivity index (χ0n) is 6.27. The van der Waals surface area contributed by atoms with E-state index in [4.69, 9.17) is 9.84 Å². The number of rotatable bonds is 1. The summed E-state index contributed by atoms with van der Waals surface area (Å²) in [6.45, 7) is 1.37. The molecular formula is C7H12FNO2. The Morgan fingerprint density at radius 2 is 2.18 bits per heavy atom. The van der Waals surface area contributed by atoms with E-state index in [1.165, 1.54) is 0 Å². The highest BCUT2D eigenvalue weighted by Crippen LogP contribution is 2.43. The summed E-state index contributed by atoms with van der Waals surface area (Å²) in [5.74, 6) is 0. The molecule has 0 unspecified atom stereocenters. The van der Waals surface area contributed by atoms with Crippen LogP contribution in [0.4, 0.5) is 4.39 Å². The Balaban J connectivity index is 2.19. The van der Waals surface area contributed by atoms with E-state index in [1.807, 2.05) is 0 Å². The molecule has 0 radical (unpaired) electrons. The molecule has 64 valence electrons. The quantitative estimate of drug-likeness (QED) is 0.534. The summed E-state index contributed by atoms with van der Waals surface area (Å²) in [4.78, 5) is 0. The van der Waals surface area contributed by atoms with Crippen LogP contribution >= 0.6 is 0 Å². The fourth-order valence-corrected chi connectivity index (χ4v) is 1.78. The minimum atomic E-state index is -1.45. The van der Waals surface area contributed by atoms with Gasteiger partial charge in [-0.15, -0.1) is 0 Å². The first kappa shape index (κ1) is 7.46. The molecule has 2 rings (SSSR count). The SMILES string of the molecule is OC[C@]1(F)CNCC12COC2. The van der Waals surface area contributed by atoms with E-state index in [0.29, 0.717) is 19.8 Å². The molecule has 0 aromatic heterocycles. The molecule has 2 saturated heterocycles. The predicted molar refractivity (Wildman–Crippen MR) is 37.0 cm³/mol. The topological polar surface area (TPSA) is 41.5 Å². The first-order valence-electron chi connectivity index (χ1n) is 3.81. The third-order valence-electron chi connectivity index (χ3n) is 2.83. The molecule has 4 heteroatoms. The van der Waals surface area contributed by atoms with E-state index >= 15 is 0 Å². The van der Waals surface area contributed by atoms with E-state index in [2.05, 4.69) is 5.32 Å². The van der Waals surface area contributed by atoms with E-state index in [1.54, 1.807) is 0 Å². The van der Waals surface area contributed by atoms with Gasteiger partial charge in [0.05, 0.1) is 25.2 Å². The van der Waals surface area contributed by atoms with Gasteiger partial charge in [-0.05, 0) is 0 Å². The Labute approximate surface area is 64.5 Å². The van der Waals surface area contributed by atoms with Crippen molar-refractivity contribution in [2.75, 3.05) is 32.9 Å². The van der Waals surface area contributed by atoms with Crippen molar-refractivity contribution in [2.45, 2.75) is 5.67 Å². The Bertz CT molecular complexity index is 162. The normalized spacial score (nSPS) is 40.9. The molecule has 0 aliphatic carbocycles. The fourth-order valence-electron chi connectivity index (χ4n) is 1.78. The van der Waals surface area contributed by atoms with Gasteiger partial charge in [-0.3, -0.25) is 0 Å². The molecule has 0 amide bonds. The van der Waals surface area contributed by atoms with E-state index in [0.717, 1.165) is 0 Å². The van der Waals surface area contributed by atoms with Crippen LogP contribution in [0.15, 0.2) is 0 Å². The second kappa shape index (κ2) is 2.15. The number of aliphatic hydroxyl groups is 1. The van der Waals surface area contributed by atoms with Gasteiger partial charge < -0.3 is 15.2 Å². The second-order valence-electron chi connectivity index (χ2n) is 3.50. The summed E-state index contributed by atoms with van der Waals surface area (Å²) < 4.78 is 18.7. The van der Waals surface area contributed by atoms with Crippen molar-refractivity contribution in [2.24, 2.45) is 5.41 Å². The molecule has 2 aliphatic rings. The average Bonchev–Trinajstić information content (AvgIpc) is 2.27. The van der Waals surface area contributed by atoms with Crippen LogP contribution in [-0.4, -0.2) is 43.7 Å². The van der Waals surface area contributed by atoms with Gasteiger partial charge in [-0.2, -0.15) is 0 Å². The Morgan fingerprint density at radius 1 is 1.45 bits per heavy atom. The molecule has 1 atom stereocenters. The third-order valence-corrected chi connectivity index (χ3v) is 2.83. The van der Waals surface area contributed by atoms with Crippen LogP contribution in [0.3, 0.4) is 0 Å². The Hall–Kier alpha value is -0.190. The van der Waals surface area contributed by atoms with Gasteiger partial charge in [0.15, 0.2) is 5.67 Å². The minimum absolute atomic E-state index is 0.257. The van der Waals surface area contributed by atoms with E-state index in [9.17, 15) is 4.39 Å². The number of ether oxygens (including phenoxy) is 1. The molecule has 0 bridgehead atoms. The lowest BCUT2D eigenvalue weighted by atomic mass is 9.74. The van der Waals surface area contributed by atoms with Crippen LogP contribution in [0, 0.1) is 5.41 Å². The van der Waals surface area contributed by atoms with Crippen molar-refractivity contribution in [3.8, 4) is 0 Å². The molecule has 2 heterocycles. The zero-order valence-corrected chi connectivity index (χ0v) is 6.27. The van der Waals surface area contributed by atoms with Gasteiger partial charge in [0.2, 0.25) is 0 Å². The van der Waals surface area contributed by atoms with E-state index in [-0.39, 0.29) is 6.54 Å². The molecular weight excluding hydrogens is 149 g/mol. The van der Waals surface area contributed by atoms with Crippen molar-refractivity contribution in [1.82, 2.24) is 5.32 Å². The lowest BCUT2D eigenvalue weighted by Crippen LogP contribution is -2.58. The molecule has 0 saturated carbocycles. The molecule has 0 aromatic carbocycles. The molecule has 2 aliphatic heterocycles. The van der Waals surface area contributed by atoms with Crippen molar-refractivity contribution >= 4 is 0 Å². The van der Waals surface area contributed by atoms with Crippen molar-refractivity contribution in [3.63, 3.8) is 0 Å². The standard InChI is InChI=1S/C7H12FNO2/c8-7(3-10)2-9-1-6(7)4-11-5-6/h9-10H,1-5H2/t7-/m1/s1. The lowest BCUT2D eigenvalue weighted by molar-refractivity contribution is -0.177. The third kappa shape index (κ3) is 0.774. The summed E-state index contributed by atoms with van der Waals surface area (Å²) in [5, 5.41) is 11.8. The van der Waals surface area contributed by atoms with Gasteiger partial charge in [-0.25, -0.2) is 4.39 Å². The van der Waals surface area contributed by atoms with Crippen LogP contribution in [0.5, 0.6) is 0 Å². The van der Waals surface area contributed by atoms with Crippen LogP contribution in [0.2, 0.25) is 0 Å². The number of aliphatic hydroxyl groups excluding tert-OH is 1. The maximum absolute atomic E-state index is 13.7. The summed E-state index contributed by atoms with van der Waals surface area (Å²) in [5.41, 5.74) is -1.88. The number of halogens is 1. The van der Waals surface area contributed by atoms with Crippen LogP contribution in [0.1, 0.15) is 0 Å². The zero-order chi connectivity index (χ0) is 7.95. The van der Waals surface area contributed by atoms with Crippen LogP contribution in [-0.2, 0) is 4.74 Å². The molecule has 11 heavy (non-hydrogen) atoms. The number of alkyl halides is 1. The Kier molecular flexibility index (Phi) is 1.46. The molecule has 3 nitrogen and oxygen atoms in total. The summed E-state index contributed by atoms with van der Waals surface area (Å²) in [7, 11) is 0. The Morgan fingerprint density at radius 3 is 2.55 bits per heavy atom. The highest BCUT2D eigenvalue weighted by molar-refractivity contribution is 5.10. The largest absolute Gasteiger partial charge is 0.393 e. The first-order chi connectivity index (χ1) is 5.22. The molecule has 1 spiro atoms. The maximum Gasteiger partial charge on any atom is 0.157 e. The predicted octanol–water partition coefficient (Wildman–Crippen LogP) is -0.693. The fraction of sp³-hybridized carbons (Fsp3) is 1.00. The lowest BCUT2D eigenvalue weighted by Gasteiger charge is -2.44. The molecule has 2 fully saturated rings. The van der Waals surface area contributed by atoms with Crippen molar-refractivity contribution < 1.29 is 14.2 Å².